The van der Waals surface area contributed by atoms with Crippen molar-refractivity contribution in [1.82, 2.24) is 0 Å². The molecule has 0 aliphatic rings. The first kappa shape index (κ1) is 16.6. The van der Waals surface area contributed by atoms with Crippen molar-refractivity contribution in [3.05, 3.63) is 46.4 Å². The van der Waals surface area contributed by atoms with Gasteiger partial charge < -0.3 is 9.47 Å². The summed E-state index contributed by atoms with van der Waals surface area (Å²) >= 11 is 3.28. The third-order valence-corrected chi connectivity index (χ3v) is 5.37. The Morgan fingerprint density at radius 3 is 2.36 bits per heavy atom. The third kappa shape index (κ3) is 3.53. The summed E-state index contributed by atoms with van der Waals surface area (Å²) in [6.07, 6.45) is 0. The third-order valence-electron chi connectivity index (χ3n) is 3.03. The second-order valence-electron chi connectivity index (χ2n) is 4.61. The van der Waals surface area contributed by atoms with Gasteiger partial charge in [0.05, 0.1) is 19.9 Å². The van der Waals surface area contributed by atoms with Crippen LogP contribution in [-0.2, 0) is 10.0 Å². The van der Waals surface area contributed by atoms with Gasteiger partial charge in [-0.15, -0.1) is 0 Å². The molecule has 0 unspecified atom stereocenters. The fraction of sp³-hybridized carbons (Fsp3) is 0.200. The Balaban J connectivity index is 2.40. The summed E-state index contributed by atoms with van der Waals surface area (Å²) in [6.45, 7) is 1.89. The number of anilines is 1. The Labute approximate surface area is 138 Å². The summed E-state index contributed by atoms with van der Waals surface area (Å²) in [5, 5.41) is 0. The van der Waals surface area contributed by atoms with E-state index in [1.165, 1.54) is 14.2 Å². The fourth-order valence-electron chi connectivity index (χ4n) is 1.91. The molecular weight excluding hydrogens is 370 g/mol. The Morgan fingerprint density at radius 2 is 1.77 bits per heavy atom. The molecule has 0 radical (unpaired) electrons. The lowest BCUT2D eigenvalue weighted by Gasteiger charge is -2.14. The first-order chi connectivity index (χ1) is 10.4. The number of rotatable bonds is 5. The van der Waals surface area contributed by atoms with Gasteiger partial charge in [0.15, 0.2) is 0 Å². The van der Waals surface area contributed by atoms with Gasteiger partial charge in [-0.2, -0.15) is 0 Å². The SMILES string of the molecule is COc1ccc(NS(=O)(=O)c2ccc(C)cc2Br)c(OC)c1. The number of hydrogen-bond acceptors (Lipinski definition) is 4. The van der Waals surface area contributed by atoms with Gasteiger partial charge >= 0.3 is 0 Å². The van der Waals surface area contributed by atoms with Gasteiger partial charge in [-0.25, -0.2) is 8.42 Å². The molecule has 7 heteroatoms. The van der Waals surface area contributed by atoms with Gasteiger partial charge in [-0.1, -0.05) is 6.07 Å². The van der Waals surface area contributed by atoms with E-state index in [1.54, 1.807) is 36.4 Å². The first-order valence-electron chi connectivity index (χ1n) is 6.38. The summed E-state index contributed by atoms with van der Waals surface area (Å²) in [5.74, 6) is 0.961. The molecule has 0 spiro atoms. The number of methoxy groups -OCH3 is 2. The van der Waals surface area contributed by atoms with E-state index in [-0.39, 0.29) is 4.90 Å². The van der Waals surface area contributed by atoms with E-state index in [0.29, 0.717) is 21.7 Å². The van der Waals surface area contributed by atoms with E-state index in [4.69, 9.17) is 9.47 Å². The molecule has 0 saturated heterocycles. The molecule has 0 aliphatic heterocycles. The number of halogens is 1. The maximum atomic E-state index is 12.5. The van der Waals surface area contributed by atoms with Gasteiger partial charge in [0.1, 0.15) is 16.4 Å². The Hall–Kier alpha value is -1.73. The van der Waals surface area contributed by atoms with Crippen LogP contribution in [0.25, 0.3) is 0 Å². The van der Waals surface area contributed by atoms with E-state index in [0.717, 1.165) is 5.56 Å². The van der Waals surface area contributed by atoms with Crippen molar-refractivity contribution in [2.45, 2.75) is 11.8 Å². The minimum atomic E-state index is -3.73. The molecule has 0 aliphatic carbocycles. The summed E-state index contributed by atoms with van der Waals surface area (Å²) in [4.78, 5) is 0.163. The smallest absolute Gasteiger partial charge is 0.263 e. The van der Waals surface area contributed by atoms with Crippen molar-refractivity contribution < 1.29 is 17.9 Å². The summed E-state index contributed by atoms with van der Waals surface area (Å²) in [6, 6.07) is 9.91. The van der Waals surface area contributed by atoms with Crippen LogP contribution >= 0.6 is 15.9 Å². The topological polar surface area (TPSA) is 64.6 Å². The lowest BCUT2D eigenvalue weighted by atomic mass is 10.2. The molecule has 2 aromatic carbocycles. The lowest BCUT2D eigenvalue weighted by Crippen LogP contribution is -2.14. The molecule has 118 valence electrons. The van der Waals surface area contributed by atoms with Gasteiger partial charge in [0, 0.05) is 10.5 Å². The maximum absolute atomic E-state index is 12.5. The number of aryl methyl sites for hydroxylation is 1. The molecule has 2 rings (SSSR count). The van der Waals surface area contributed by atoms with Crippen LogP contribution in [0.4, 0.5) is 5.69 Å². The number of hydrogen-bond donors (Lipinski definition) is 1. The van der Waals surface area contributed by atoms with Gasteiger partial charge in [-0.3, -0.25) is 4.72 Å². The number of sulfonamides is 1. The summed E-state index contributed by atoms with van der Waals surface area (Å²) in [7, 11) is -0.734. The highest BCUT2D eigenvalue weighted by Crippen LogP contribution is 2.32. The van der Waals surface area contributed by atoms with Gasteiger partial charge in [0.2, 0.25) is 0 Å². The van der Waals surface area contributed by atoms with Crippen LogP contribution in [0.3, 0.4) is 0 Å². The average Bonchev–Trinajstić information content (AvgIpc) is 2.46. The highest BCUT2D eigenvalue weighted by Gasteiger charge is 2.19. The summed E-state index contributed by atoms with van der Waals surface area (Å²) < 4.78 is 38.4. The first-order valence-corrected chi connectivity index (χ1v) is 8.66. The molecule has 0 atom stereocenters. The Morgan fingerprint density at radius 1 is 1.05 bits per heavy atom. The lowest BCUT2D eigenvalue weighted by molar-refractivity contribution is 0.395. The monoisotopic (exact) mass is 385 g/mol. The van der Waals surface area contributed by atoms with Crippen molar-refractivity contribution in [1.29, 1.82) is 0 Å². The van der Waals surface area contributed by atoms with Gasteiger partial charge in [0.25, 0.3) is 10.0 Å². The Bertz CT molecular complexity index is 790. The second kappa shape index (κ2) is 6.58. The fourth-order valence-corrected chi connectivity index (χ4v) is 4.17. The maximum Gasteiger partial charge on any atom is 0.263 e. The zero-order chi connectivity index (χ0) is 16.3. The van der Waals surface area contributed by atoms with Crippen LogP contribution in [0.5, 0.6) is 11.5 Å². The van der Waals surface area contributed by atoms with Crippen LogP contribution in [0.15, 0.2) is 45.8 Å². The number of ether oxygens (including phenoxy) is 2. The predicted octanol–water partition coefficient (Wildman–Crippen LogP) is 3.58. The largest absolute Gasteiger partial charge is 0.497 e. The zero-order valence-corrected chi connectivity index (χ0v) is 14.8. The standard InChI is InChI=1S/C15H16BrNO4S/c1-10-4-7-15(12(16)8-10)22(18,19)17-13-6-5-11(20-2)9-14(13)21-3/h4-9,17H,1-3H3. The summed E-state index contributed by atoms with van der Waals surface area (Å²) in [5.41, 5.74) is 1.31. The Kier molecular flexibility index (Phi) is 4.97. The van der Waals surface area contributed by atoms with Crippen LogP contribution in [0.1, 0.15) is 5.56 Å². The molecule has 0 fully saturated rings. The molecular formula is C15H16BrNO4S. The van der Waals surface area contributed by atoms with Gasteiger partial charge in [-0.05, 0) is 52.7 Å². The normalized spacial score (nSPS) is 11.1. The van der Waals surface area contributed by atoms with E-state index >= 15 is 0 Å². The van der Waals surface area contributed by atoms with E-state index < -0.39 is 10.0 Å². The highest BCUT2D eigenvalue weighted by atomic mass is 79.9. The van der Waals surface area contributed by atoms with Crippen LogP contribution in [0.2, 0.25) is 0 Å². The minimum Gasteiger partial charge on any atom is -0.497 e. The number of nitrogens with one attached hydrogen (secondary N) is 1. The molecule has 0 aromatic heterocycles. The van der Waals surface area contributed by atoms with Crippen molar-refractivity contribution >= 4 is 31.6 Å². The minimum absolute atomic E-state index is 0.163. The molecule has 2 aromatic rings. The number of benzene rings is 2. The molecule has 0 heterocycles. The van der Waals surface area contributed by atoms with Crippen molar-refractivity contribution in [2.75, 3.05) is 18.9 Å². The van der Waals surface area contributed by atoms with E-state index in [2.05, 4.69) is 20.7 Å². The quantitative estimate of drug-likeness (QED) is 0.853. The molecule has 0 bridgehead atoms. The molecule has 5 nitrogen and oxygen atoms in total. The molecule has 22 heavy (non-hydrogen) atoms. The van der Waals surface area contributed by atoms with Crippen LogP contribution < -0.4 is 14.2 Å². The van der Waals surface area contributed by atoms with Crippen LogP contribution in [-0.4, -0.2) is 22.6 Å². The molecule has 1 N–H and O–H groups in total. The molecule has 0 saturated carbocycles. The van der Waals surface area contributed by atoms with Crippen LogP contribution in [0, 0.1) is 6.92 Å². The predicted molar refractivity (Wildman–Crippen MR) is 89.2 cm³/mol. The molecule has 0 amide bonds. The average molecular weight is 386 g/mol. The van der Waals surface area contributed by atoms with Crippen molar-refractivity contribution in [2.24, 2.45) is 0 Å². The zero-order valence-electron chi connectivity index (χ0n) is 12.4. The van der Waals surface area contributed by atoms with Crippen molar-refractivity contribution in [3.8, 4) is 11.5 Å². The highest BCUT2D eigenvalue weighted by molar-refractivity contribution is 9.10. The van der Waals surface area contributed by atoms with E-state index in [1.807, 2.05) is 6.92 Å². The van der Waals surface area contributed by atoms with E-state index in [9.17, 15) is 8.42 Å². The van der Waals surface area contributed by atoms with Crippen molar-refractivity contribution in [3.63, 3.8) is 0 Å². The second-order valence-corrected chi connectivity index (χ2v) is 7.11.